The van der Waals surface area contributed by atoms with Crippen molar-refractivity contribution in [2.75, 3.05) is 13.2 Å². The molecule has 15 heavy (non-hydrogen) atoms. The molecule has 0 radical (unpaired) electrons. The molecule has 1 unspecified atom stereocenters. The fourth-order valence-electron chi connectivity index (χ4n) is 1.43. The van der Waals surface area contributed by atoms with Gasteiger partial charge in [-0.15, -0.1) is 5.10 Å². The first kappa shape index (κ1) is 9.91. The molecule has 0 spiro atoms. The minimum absolute atomic E-state index is 0.0676. The van der Waals surface area contributed by atoms with Crippen molar-refractivity contribution in [3.8, 4) is 5.88 Å². The zero-order valence-electron chi connectivity index (χ0n) is 8.25. The first-order valence-corrected chi connectivity index (χ1v) is 4.59. The Morgan fingerprint density at radius 3 is 3.20 bits per heavy atom. The number of rotatable bonds is 3. The van der Waals surface area contributed by atoms with E-state index >= 15 is 0 Å². The molecule has 2 rings (SSSR count). The van der Waals surface area contributed by atoms with Gasteiger partial charge in [0.25, 0.3) is 0 Å². The lowest BCUT2D eigenvalue weighted by molar-refractivity contribution is -0.386. The van der Waals surface area contributed by atoms with E-state index in [1.54, 1.807) is 7.05 Å². The van der Waals surface area contributed by atoms with Gasteiger partial charge in [-0.2, -0.15) is 0 Å². The van der Waals surface area contributed by atoms with E-state index in [9.17, 15) is 10.1 Å². The lowest BCUT2D eigenvalue weighted by Gasteiger charge is -2.07. The molecule has 1 atom stereocenters. The Kier molecular flexibility index (Phi) is 2.55. The Bertz CT molecular complexity index is 370. The molecule has 0 bridgehead atoms. The zero-order valence-corrected chi connectivity index (χ0v) is 8.25. The second-order valence-electron chi connectivity index (χ2n) is 3.35. The van der Waals surface area contributed by atoms with Gasteiger partial charge in [-0.05, 0) is 0 Å². The lowest BCUT2D eigenvalue weighted by Crippen LogP contribution is -2.16. The van der Waals surface area contributed by atoms with E-state index in [1.165, 1.54) is 10.9 Å². The first-order valence-electron chi connectivity index (χ1n) is 4.59. The zero-order chi connectivity index (χ0) is 10.8. The summed E-state index contributed by atoms with van der Waals surface area (Å²) in [6.45, 7) is 1.10. The van der Waals surface area contributed by atoms with Crippen molar-refractivity contribution >= 4 is 5.69 Å². The molecule has 1 fully saturated rings. The molecule has 0 amide bonds. The topological polar surface area (TPSA) is 79.4 Å². The van der Waals surface area contributed by atoms with Gasteiger partial charge in [0.05, 0.1) is 18.1 Å². The number of ether oxygens (including phenoxy) is 2. The van der Waals surface area contributed by atoms with Crippen LogP contribution in [0.5, 0.6) is 5.88 Å². The third-order valence-corrected chi connectivity index (χ3v) is 2.14. The Hall–Kier alpha value is -1.63. The predicted octanol–water partition coefficient (Wildman–Crippen LogP) is 0.496. The summed E-state index contributed by atoms with van der Waals surface area (Å²) in [4.78, 5) is 10.1. The average Bonchev–Trinajstić information content (AvgIpc) is 2.75. The maximum atomic E-state index is 10.6. The molecule has 7 heteroatoms. The summed E-state index contributed by atoms with van der Waals surface area (Å²) in [6, 6.07) is 0. The Morgan fingerprint density at radius 1 is 1.80 bits per heavy atom. The fourth-order valence-corrected chi connectivity index (χ4v) is 1.43. The lowest BCUT2D eigenvalue weighted by atomic mass is 10.3. The quantitative estimate of drug-likeness (QED) is 0.539. The van der Waals surface area contributed by atoms with Crippen LogP contribution < -0.4 is 4.74 Å². The maximum Gasteiger partial charge on any atom is 0.350 e. The molecule has 2 heterocycles. The highest BCUT2D eigenvalue weighted by Gasteiger charge is 2.25. The van der Waals surface area contributed by atoms with Crippen molar-refractivity contribution in [3.05, 3.63) is 16.3 Å². The van der Waals surface area contributed by atoms with E-state index in [0.717, 1.165) is 6.42 Å². The van der Waals surface area contributed by atoms with Crippen LogP contribution in [0.2, 0.25) is 0 Å². The molecule has 1 aliphatic heterocycles. The van der Waals surface area contributed by atoms with Crippen LogP contribution in [-0.4, -0.2) is 34.0 Å². The van der Waals surface area contributed by atoms with Crippen molar-refractivity contribution in [2.45, 2.75) is 12.5 Å². The van der Waals surface area contributed by atoms with Crippen LogP contribution in [0.15, 0.2) is 6.20 Å². The third-order valence-electron chi connectivity index (χ3n) is 2.14. The summed E-state index contributed by atoms with van der Waals surface area (Å²) >= 11 is 0. The number of nitro groups is 1. The second-order valence-corrected chi connectivity index (χ2v) is 3.35. The molecule has 7 nitrogen and oxygen atoms in total. The van der Waals surface area contributed by atoms with Gasteiger partial charge in [0.15, 0.2) is 0 Å². The van der Waals surface area contributed by atoms with Gasteiger partial charge >= 0.3 is 11.6 Å². The summed E-state index contributed by atoms with van der Waals surface area (Å²) in [5, 5.41) is 14.5. The molecular formula is C8H11N3O4. The normalized spacial score (nSPS) is 20.5. The smallest absolute Gasteiger partial charge is 0.350 e. The molecule has 1 aliphatic rings. The van der Waals surface area contributed by atoms with E-state index in [4.69, 9.17) is 9.47 Å². The maximum absolute atomic E-state index is 10.6. The monoisotopic (exact) mass is 213 g/mol. The largest absolute Gasteiger partial charge is 0.466 e. The first-order chi connectivity index (χ1) is 7.16. The molecule has 82 valence electrons. The summed E-state index contributed by atoms with van der Waals surface area (Å²) in [5.41, 5.74) is -0.107. The minimum Gasteiger partial charge on any atom is -0.466 e. The second kappa shape index (κ2) is 3.85. The molecule has 0 N–H and O–H groups in total. The summed E-state index contributed by atoms with van der Waals surface area (Å²) in [5.74, 6) is 0.0676. The van der Waals surface area contributed by atoms with Crippen LogP contribution >= 0.6 is 0 Å². The highest BCUT2D eigenvalue weighted by atomic mass is 16.6. The molecule has 0 saturated carbocycles. The summed E-state index contributed by atoms with van der Waals surface area (Å²) in [7, 11) is 1.62. The molecular weight excluding hydrogens is 202 g/mol. The van der Waals surface area contributed by atoms with Crippen LogP contribution in [0, 0.1) is 10.1 Å². The SMILES string of the molecule is Cn1cc([N+](=O)[O-])c(OC2CCOC2)n1. The van der Waals surface area contributed by atoms with Gasteiger partial charge in [-0.25, -0.2) is 0 Å². The van der Waals surface area contributed by atoms with Gasteiger partial charge in [-0.3, -0.25) is 14.8 Å². The van der Waals surface area contributed by atoms with Crippen LogP contribution in [-0.2, 0) is 11.8 Å². The molecule has 0 aliphatic carbocycles. The van der Waals surface area contributed by atoms with E-state index in [2.05, 4.69) is 5.10 Å². The van der Waals surface area contributed by atoms with Crippen molar-refractivity contribution in [1.29, 1.82) is 0 Å². The number of hydrogen-bond acceptors (Lipinski definition) is 5. The minimum atomic E-state index is -0.502. The Labute approximate surface area is 85.7 Å². The standard InChI is InChI=1S/C8H11N3O4/c1-10-4-7(11(12)13)8(9-10)15-6-2-3-14-5-6/h4,6H,2-3,5H2,1H3. The van der Waals surface area contributed by atoms with Gasteiger partial charge < -0.3 is 9.47 Å². The average molecular weight is 213 g/mol. The van der Waals surface area contributed by atoms with Gasteiger partial charge in [0, 0.05) is 13.5 Å². The Morgan fingerprint density at radius 2 is 2.60 bits per heavy atom. The number of aryl methyl sites for hydroxylation is 1. The summed E-state index contributed by atoms with van der Waals surface area (Å²) in [6.07, 6.45) is 1.94. The van der Waals surface area contributed by atoms with Crippen molar-refractivity contribution in [1.82, 2.24) is 9.78 Å². The van der Waals surface area contributed by atoms with Gasteiger partial charge in [0.1, 0.15) is 12.3 Å². The molecule has 1 aromatic rings. The number of aromatic nitrogens is 2. The van der Waals surface area contributed by atoms with E-state index in [-0.39, 0.29) is 17.7 Å². The highest BCUT2D eigenvalue weighted by Crippen LogP contribution is 2.26. The van der Waals surface area contributed by atoms with Crippen LogP contribution in [0.3, 0.4) is 0 Å². The van der Waals surface area contributed by atoms with E-state index in [1.807, 2.05) is 0 Å². The van der Waals surface area contributed by atoms with Crippen LogP contribution in [0.25, 0.3) is 0 Å². The number of nitrogens with zero attached hydrogens (tertiary/aromatic N) is 3. The Balaban J connectivity index is 2.15. The number of hydrogen-bond donors (Lipinski definition) is 0. The van der Waals surface area contributed by atoms with Crippen LogP contribution in [0.1, 0.15) is 6.42 Å². The van der Waals surface area contributed by atoms with E-state index in [0.29, 0.717) is 13.2 Å². The molecule has 0 aromatic carbocycles. The molecule has 1 aromatic heterocycles. The van der Waals surface area contributed by atoms with Crippen molar-refractivity contribution in [2.24, 2.45) is 7.05 Å². The van der Waals surface area contributed by atoms with E-state index < -0.39 is 4.92 Å². The van der Waals surface area contributed by atoms with Crippen LogP contribution in [0.4, 0.5) is 5.69 Å². The van der Waals surface area contributed by atoms with Crippen molar-refractivity contribution in [3.63, 3.8) is 0 Å². The third kappa shape index (κ3) is 2.07. The fraction of sp³-hybridized carbons (Fsp3) is 0.625. The predicted molar refractivity (Wildman–Crippen MR) is 49.7 cm³/mol. The molecule has 1 saturated heterocycles. The summed E-state index contributed by atoms with van der Waals surface area (Å²) < 4.78 is 11.9. The highest BCUT2D eigenvalue weighted by molar-refractivity contribution is 5.38. The van der Waals surface area contributed by atoms with Crippen molar-refractivity contribution < 1.29 is 14.4 Å². The van der Waals surface area contributed by atoms with Gasteiger partial charge in [0.2, 0.25) is 0 Å². The van der Waals surface area contributed by atoms with Gasteiger partial charge in [-0.1, -0.05) is 0 Å².